The van der Waals surface area contributed by atoms with Gasteiger partial charge in [0.2, 0.25) is 0 Å². The van der Waals surface area contributed by atoms with Gasteiger partial charge in [-0.3, -0.25) is 9.69 Å². The lowest BCUT2D eigenvalue weighted by Gasteiger charge is -2.31. The molecule has 1 aromatic heterocycles. The molecule has 2 aliphatic heterocycles. The molecule has 0 spiro atoms. The Labute approximate surface area is 158 Å². The number of likely N-dealkylation sites (N-methyl/N-ethyl adjacent to an activating group) is 1. The minimum atomic E-state index is -0.431. The van der Waals surface area contributed by atoms with Crippen molar-refractivity contribution in [2.75, 3.05) is 13.6 Å². The minimum absolute atomic E-state index is 0.0637. The van der Waals surface area contributed by atoms with Gasteiger partial charge in [-0.15, -0.1) is 0 Å². The van der Waals surface area contributed by atoms with Crippen LogP contribution < -0.4 is 5.32 Å². The molecule has 2 aromatic rings. The zero-order valence-electron chi connectivity index (χ0n) is 15.7. The molecular formula is C21H23N3O3. The highest BCUT2D eigenvalue weighted by Gasteiger charge is 2.42. The molecule has 1 atom stereocenters. The topological polar surface area (TPSA) is 65.8 Å². The summed E-state index contributed by atoms with van der Waals surface area (Å²) in [6, 6.07) is 11.1. The van der Waals surface area contributed by atoms with Crippen LogP contribution in [0.2, 0.25) is 0 Å². The molecule has 140 valence electrons. The lowest BCUT2D eigenvalue weighted by Crippen LogP contribution is -2.45. The number of nitrogens with one attached hydrogen (secondary N) is 1. The number of carbonyl (C=O) groups excluding carboxylic acids is 2. The van der Waals surface area contributed by atoms with Crippen molar-refractivity contribution in [2.24, 2.45) is 0 Å². The van der Waals surface area contributed by atoms with Crippen LogP contribution in [0.3, 0.4) is 0 Å². The molecule has 0 radical (unpaired) electrons. The van der Waals surface area contributed by atoms with Gasteiger partial charge in [0.25, 0.3) is 5.91 Å². The Bertz CT molecular complexity index is 897. The zero-order chi connectivity index (χ0) is 19.1. The molecule has 1 N–H and O–H groups in total. The molecule has 2 aliphatic rings. The number of hydrogen-bond acceptors (Lipinski definition) is 3. The minimum Gasteiger partial charge on any atom is -0.467 e. The summed E-state index contributed by atoms with van der Waals surface area (Å²) >= 11 is 0. The van der Waals surface area contributed by atoms with E-state index in [0.29, 0.717) is 24.6 Å². The Morgan fingerprint density at radius 1 is 1.19 bits per heavy atom. The second-order valence-corrected chi connectivity index (χ2v) is 7.36. The number of urea groups is 1. The third kappa shape index (κ3) is 3.01. The first-order valence-electron chi connectivity index (χ1n) is 9.14. The Balaban J connectivity index is 1.66. The fraction of sp³-hybridized carbons (Fsp3) is 0.333. The highest BCUT2D eigenvalue weighted by atomic mass is 16.3. The number of rotatable bonds is 4. The van der Waals surface area contributed by atoms with E-state index in [1.807, 2.05) is 18.2 Å². The molecule has 6 nitrogen and oxygen atoms in total. The average molecular weight is 365 g/mol. The van der Waals surface area contributed by atoms with Gasteiger partial charge in [-0.05, 0) is 29.2 Å². The third-order valence-corrected chi connectivity index (χ3v) is 5.30. The maximum absolute atomic E-state index is 13.1. The van der Waals surface area contributed by atoms with Gasteiger partial charge in [0.15, 0.2) is 0 Å². The Morgan fingerprint density at radius 3 is 2.56 bits per heavy atom. The molecule has 3 heterocycles. The van der Waals surface area contributed by atoms with Crippen LogP contribution in [0.5, 0.6) is 0 Å². The van der Waals surface area contributed by atoms with E-state index < -0.39 is 6.04 Å². The van der Waals surface area contributed by atoms with Crippen molar-refractivity contribution in [3.8, 4) is 0 Å². The highest BCUT2D eigenvalue weighted by Crippen LogP contribution is 2.36. The van der Waals surface area contributed by atoms with Gasteiger partial charge < -0.3 is 14.6 Å². The second kappa shape index (κ2) is 6.61. The van der Waals surface area contributed by atoms with Crippen molar-refractivity contribution in [1.82, 2.24) is 15.1 Å². The van der Waals surface area contributed by atoms with Crippen molar-refractivity contribution in [3.05, 3.63) is 70.8 Å². The predicted molar refractivity (Wildman–Crippen MR) is 101 cm³/mol. The summed E-state index contributed by atoms with van der Waals surface area (Å²) in [6.07, 6.45) is 1.60. The SMILES string of the molecule is CC(C)c1ccc(C2NC(=O)N(C)C3=C2C(=O)N(Cc2ccco2)C3)cc1. The van der Waals surface area contributed by atoms with Gasteiger partial charge >= 0.3 is 6.03 Å². The normalized spacial score (nSPS) is 19.8. The van der Waals surface area contributed by atoms with Gasteiger partial charge in [-0.1, -0.05) is 38.1 Å². The number of furan rings is 1. The fourth-order valence-electron chi connectivity index (χ4n) is 3.67. The van der Waals surface area contributed by atoms with Crippen LogP contribution in [0.15, 0.2) is 58.3 Å². The molecule has 1 unspecified atom stereocenters. The van der Waals surface area contributed by atoms with Crippen molar-refractivity contribution < 1.29 is 14.0 Å². The standard InChI is InChI=1S/C21H23N3O3/c1-13(2)14-6-8-15(9-7-14)19-18-17(23(3)21(26)22-19)12-24(20(18)25)11-16-5-4-10-27-16/h4-10,13,19H,11-12H2,1-3H3,(H,22,26). The maximum atomic E-state index is 13.1. The number of hydrogen-bond donors (Lipinski definition) is 1. The number of amides is 3. The van der Waals surface area contributed by atoms with Gasteiger partial charge in [0.1, 0.15) is 5.76 Å². The first kappa shape index (κ1) is 17.4. The molecule has 0 saturated heterocycles. The molecule has 0 bridgehead atoms. The molecule has 27 heavy (non-hydrogen) atoms. The van der Waals surface area contributed by atoms with Gasteiger partial charge in [0.05, 0.1) is 36.7 Å². The van der Waals surface area contributed by atoms with E-state index in [4.69, 9.17) is 4.42 Å². The van der Waals surface area contributed by atoms with Gasteiger partial charge in [-0.2, -0.15) is 0 Å². The smallest absolute Gasteiger partial charge is 0.322 e. The highest BCUT2D eigenvalue weighted by molar-refractivity contribution is 6.01. The third-order valence-electron chi connectivity index (χ3n) is 5.30. The summed E-state index contributed by atoms with van der Waals surface area (Å²) in [5, 5.41) is 2.97. The molecule has 0 fully saturated rings. The average Bonchev–Trinajstić information content (AvgIpc) is 3.28. The zero-order valence-corrected chi connectivity index (χ0v) is 15.7. The first-order chi connectivity index (χ1) is 13.0. The van der Waals surface area contributed by atoms with Crippen LogP contribution >= 0.6 is 0 Å². The fourth-order valence-corrected chi connectivity index (χ4v) is 3.67. The van der Waals surface area contributed by atoms with Crippen molar-refractivity contribution in [1.29, 1.82) is 0 Å². The summed E-state index contributed by atoms with van der Waals surface area (Å²) in [4.78, 5) is 28.8. The summed E-state index contributed by atoms with van der Waals surface area (Å²) in [5.74, 6) is 1.09. The van der Waals surface area contributed by atoms with Crippen molar-refractivity contribution in [2.45, 2.75) is 32.4 Å². The van der Waals surface area contributed by atoms with E-state index in [1.165, 1.54) is 10.5 Å². The summed E-state index contributed by atoms with van der Waals surface area (Å²) in [7, 11) is 1.70. The molecule has 1 aromatic carbocycles. The van der Waals surface area contributed by atoms with E-state index in [1.54, 1.807) is 24.3 Å². The van der Waals surface area contributed by atoms with Crippen LogP contribution in [0.1, 0.15) is 42.7 Å². The lowest BCUT2D eigenvalue weighted by molar-refractivity contribution is -0.126. The summed E-state index contributed by atoms with van der Waals surface area (Å²) in [5.41, 5.74) is 3.54. The molecule has 6 heteroatoms. The molecule has 0 saturated carbocycles. The first-order valence-corrected chi connectivity index (χ1v) is 9.14. The number of carbonyl (C=O) groups is 2. The van der Waals surface area contributed by atoms with Crippen LogP contribution in [-0.4, -0.2) is 35.3 Å². The van der Waals surface area contributed by atoms with Crippen LogP contribution in [0, 0.1) is 0 Å². The summed E-state index contributed by atoms with van der Waals surface area (Å²) in [6.45, 7) is 5.07. The van der Waals surface area contributed by atoms with Crippen molar-refractivity contribution >= 4 is 11.9 Å². The Kier molecular flexibility index (Phi) is 4.26. The van der Waals surface area contributed by atoms with E-state index in [-0.39, 0.29) is 11.9 Å². The largest absolute Gasteiger partial charge is 0.467 e. The van der Waals surface area contributed by atoms with E-state index in [9.17, 15) is 9.59 Å². The number of benzene rings is 1. The Morgan fingerprint density at radius 2 is 1.93 bits per heavy atom. The monoisotopic (exact) mass is 365 g/mol. The lowest BCUT2D eigenvalue weighted by atomic mass is 9.93. The molecule has 0 aliphatic carbocycles. The maximum Gasteiger partial charge on any atom is 0.322 e. The van der Waals surface area contributed by atoms with Crippen LogP contribution in [0.4, 0.5) is 4.79 Å². The predicted octanol–water partition coefficient (Wildman–Crippen LogP) is 3.40. The molecular weight excluding hydrogens is 342 g/mol. The van der Waals surface area contributed by atoms with Crippen LogP contribution in [-0.2, 0) is 11.3 Å². The van der Waals surface area contributed by atoms with E-state index >= 15 is 0 Å². The van der Waals surface area contributed by atoms with Crippen LogP contribution in [0.25, 0.3) is 0 Å². The van der Waals surface area contributed by atoms with Gasteiger partial charge in [0, 0.05) is 7.05 Å². The van der Waals surface area contributed by atoms with E-state index in [2.05, 4.69) is 31.3 Å². The van der Waals surface area contributed by atoms with Crippen molar-refractivity contribution in [3.63, 3.8) is 0 Å². The van der Waals surface area contributed by atoms with Gasteiger partial charge in [-0.25, -0.2) is 4.79 Å². The second-order valence-electron chi connectivity index (χ2n) is 7.36. The van der Waals surface area contributed by atoms with E-state index in [0.717, 1.165) is 17.0 Å². The quantitative estimate of drug-likeness (QED) is 0.903. The number of nitrogens with zero attached hydrogens (tertiary/aromatic N) is 2. The molecule has 4 rings (SSSR count). The Hall–Kier alpha value is -3.02. The summed E-state index contributed by atoms with van der Waals surface area (Å²) < 4.78 is 5.38. The molecule has 3 amide bonds.